The van der Waals surface area contributed by atoms with Gasteiger partial charge in [0, 0.05) is 24.0 Å². The van der Waals surface area contributed by atoms with E-state index < -0.39 is 5.69 Å². The van der Waals surface area contributed by atoms with E-state index in [4.69, 9.17) is 0 Å². The van der Waals surface area contributed by atoms with Crippen molar-refractivity contribution in [2.75, 3.05) is 37.8 Å². The summed E-state index contributed by atoms with van der Waals surface area (Å²) in [6.07, 6.45) is 2.39. The lowest BCUT2D eigenvalue weighted by Gasteiger charge is -2.11. The Morgan fingerprint density at radius 2 is 1.86 bits per heavy atom. The lowest BCUT2D eigenvalue weighted by atomic mass is 10.0. The van der Waals surface area contributed by atoms with Crippen molar-refractivity contribution in [3.63, 3.8) is 0 Å². The van der Waals surface area contributed by atoms with Crippen LogP contribution < -0.4 is 16.3 Å². The van der Waals surface area contributed by atoms with Gasteiger partial charge in [0.2, 0.25) is 11.9 Å². The molecule has 0 bridgehead atoms. The maximum absolute atomic E-state index is 12.0. The molecule has 0 fully saturated rings. The number of benzene rings is 3. The zero-order valence-electron chi connectivity index (χ0n) is 19.5. The predicted octanol–water partition coefficient (Wildman–Crippen LogP) is 3.59. The molecule has 0 unspecified atom stereocenters. The minimum absolute atomic E-state index is 0.0362. The molecule has 0 saturated carbocycles. The third-order valence-corrected chi connectivity index (χ3v) is 5.23. The van der Waals surface area contributed by atoms with Gasteiger partial charge in [0.1, 0.15) is 17.2 Å². The molecular formula is C25H27N7O3. The number of phenolic OH excluding ortho intramolecular Hbond substituents is 2. The summed E-state index contributed by atoms with van der Waals surface area (Å²) in [5.74, 6) is 0.474. The van der Waals surface area contributed by atoms with Gasteiger partial charge in [0.25, 0.3) is 0 Å². The summed E-state index contributed by atoms with van der Waals surface area (Å²) in [5.41, 5.74) is 0.831. The van der Waals surface area contributed by atoms with E-state index in [1.165, 1.54) is 12.3 Å². The number of anilines is 3. The molecule has 0 aliphatic heterocycles. The first kappa shape index (κ1) is 23.7. The highest BCUT2D eigenvalue weighted by Gasteiger charge is 2.08. The molecule has 35 heavy (non-hydrogen) atoms. The Morgan fingerprint density at radius 1 is 1.06 bits per heavy atom. The number of nitrogens with one attached hydrogen (secondary N) is 3. The average Bonchev–Trinajstić information content (AvgIpc) is 2.82. The number of H-pyrrole nitrogens is 1. The van der Waals surface area contributed by atoms with E-state index in [0.717, 1.165) is 23.7 Å². The van der Waals surface area contributed by atoms with Crippen LogP contribution in [0.5, 0.6) is 11.5 Å². The van der Waals surface area contributed by atoms with Crippen molar-refractivity contribution < 1.29 is 10.2 Å². The lowest BCUT2D eigenvalue weighted by Crippen LogP contribution is -2.20. The summed E-state index contributed by atoms with van der Waals surface area (Å²) >= 11 is 0. The summed E-state index contributed by atoms with van der Waals surface area (Å²) in [6, 6.07) is 15.8. The number of rotatable bonds is 9. The molecule has 0 atom stereocenters. The van der Waals surface area contributed by atoms with Gasteiger partial charge in [-0.1, -0.05) is 30.3 Å². The highest BCUT2D eigenvalue weighted by Crippen LogP contribution is 2.32. The molecule has 10 heteroatoms. The van der Waals surface area contributed by atoms with Crippen molar-refractivity contribution in [1.29, 1.82) is 0 Å². The number of aromatic hydroxyl groups is 2. The Balaban J connectivity index is 1.54. The average molecular weight is 474 g/mol. The molecule has 4 aromatic rings. The molecule has 10 nitrogen and oxygen atoms in total. The van der Waals surface area contributed by atoms with E-state index in [-0.39, 0.29) is 29.1 Å². The predicted molar refractivity (Wildman–Crippen MR) is 139 cm³/mol. The van der Waals surface area contributed by atoms with Crippen LogP contribution in [0.4, 0.5) is 23.3 Å². The zero-order chi connectivity index (χ0) is 24.8. The fraction of sp³-hybridized carbons (Fsp3) is 0.200. The largest absolute Gasteiger partial charge is 0.507 e. The fourth-order valence-corrected chi connectivity index (χ4v) is 3.51. The van der Waals surface area contributed by atoms with Crippen LogP contribution in [-0.4, -0.2) is 63.5 Å². The van der Waals surface area contributed by atoms with E-state index in [0.29, 0.717) is 17.8 Å². The topological polar surface area (TPSA) is 139 Å². The van der Waals surface area contributed by atoms with Crippen LogP contribution in [0.15, 0.2) is 64.4 Å². The molecular weight excluding hydrogens is 446 g/mol. The second-order valence-corrected chi connectivity index (χ2v) is 8.22. The highest BCUT2D eigenvalue weighted by molar-refractivity contribution is 6.03. The molecule has 5 N–H and O–H groups in total. The highest BCUT2D eigenvalue weighted by atomic mass is 16.3. The van der Waals surface area contributed by atoms with E-state index in [1.54, 1.807) is 18.2 Å². The molecule has 4 rings (SSSR count). The van der Waals surface area contributed by atoms with E-state index in [2.05, 4.69) is 35.5 Å². The van der Waals surface area contributed by atoms with Gasteiger partial charge < -0.3 is 25.7 Å². The Morgan fingerprint density at radius 3 is 2.69 bits per heavy atom. The maximum atomic E-state index is 12.0. The van der Waals surface area contributed by atoms with Crippen LogP contribution in [0.2, 0.25) is 0 Å². The first-order chi connectivity index (χ1) is 16.9. The van der Waals surface area contributed by atoms with Crippen molar-refractivity contribution in [2.24, 2.45) is 4.99 Å². The molecule has 180 valence electrons. The number of aromatic nitrogens is 3. The molecule has 0 radical (unpaired) electrons. The second kappa shape index (κ2) is 10.7. The van der Waals surface area contributed by atoms with E-state index in [9.17, 15) is 15.0 Å². The summed E-state index contributed by atoms with van der Waals surface area (Å²) < 4.78 is 0. The lowest BCUT2D eigenvalue weighted by molar-refractivity contribution is 0.405. The molecule has 3 aromatic carbocycles. The van der Waals surface area contributed by atoms with Crippen molar-refractivity contribution in [2.45, 2.75) is 6.42 Å². The van der Waals surface area contributed by atoms with Gasteiger partial charge in [-0.25, -0.2) is 4.79 Å². The fourth-order valence-electron chi connectivity index (χ4n) is 3.51. The number of hydrogen-bond donors (Lipinski definition) is 5. The molecule has 1 heterocycles. The number of nitrogens with zero attached hydrogens (tertiary/aromatic N) is 4. The first-order valence-electron chi connectivity index (χ1n) is 11.1. The molecule has 0 spiro atoms. The minimum Gasteiger partial charge on any atom is -0.507 e. The molecule has 0 amide bonds. The van der Waals surface area contributed by atoms with Crippen LogP contribution in [-0.2, 0) is 0 Å². The van der Waals surface area contributed by atoms with E-state index in [1.807, 2.05) is 44.4 Å². The molecule has 1 aromatic heterocycles. The zero-order valence-corrected chi connectivity index (χ0v) is 19.5. The standard InChI is InChI=1S/C25H27N7O3/c1-32(2)13-5-12-26-23-29-24(31-25(35)30-23)28-17-9-11-22(34)20(14-17)27-15-19-18-7-4-3-6-16(18)8-10-21(19)33/h3-4,6-11,14-15,33-34H,5,12-13H2,1-2H3,(H3,26,28,29,30,31,35). The van der Waals surface area contributed by atoms with Crippen molar-refractivity contribution in [3.05, 3.63) is 70.6 Å². The van der Waals surface area contributed by atoms with Gasteiger partial charge in [0.05, 0.1) is 0 Å². The van der Waals surface area contributed by atoms with Gasteiger partial charge in [0.15, 0.2) is 0 Å². The summed E-state index contributed by atoms with van der Waals surface area (Å²) in [5, 5.41) is 28.5. The SMILES string of the molecule is CN(C)CCCNc1nc(Nc2ccc(O)c(N=Cc3c(O)ccc4ccccc34)c2)[nH]c(=O)n1. The van der Waals surface area contributed by atoms with Crippen LogP contribution in [0.3, 0.4) is 0 Å². The van der Waals surface area contributed by atoms with Gasteiger partial charge in [-0.2, -0.15) is 9.97 Å². The van der Waals surface area contributed by atoms with Gasteiger partial charge >= 0.3 is 5.69 Å². The smallest absolute Gasteiger partial charge is 0.351 e. The quantitative estimate of drug-likeness (QED) is 0.141. The van der Waals surface area contributed by atoms with Crippen molar-refractivity contribution in [3.8, 4) is 11.5 Å². The normalized spacial score (nSPS) is 11.4. The Bertz CT molecular complexity index is 1420. The molecule has 0 saturated heterocycles. The maximum Gasteiger partial charge on any atom is 0.351 e. The summed E-state index contributed by atoms with van der Waals surface area (Å²) in [4.78, 5) is 29.1. The van der Waals surface area contributed by atoms with E-state index >= 15 is 0 Å². The monoisotopic (exact) mass is 473 g/mol. The molecule has 0 aliphatic rings. The second-order valence-electron chi connectivity index (χ2n) is 8.22. The van der Waals surface area contributed by atoms with Crippen LogP contribution in [0.25, 0.3) is 10.8 Å². The first-order valence-corrected chi connectivity index (χ1v) is 11.1. The summed E-state index contributed by atoms with van der Waals surface area (Å²) in [7, 11) is 3.99. The van der Waals surface area contributed by atoms with Crippen molar-refractivity contribution >= 4 is 40.3 Å². The third kappa shape index (κ3) is 6.12. The number of phenols is 2. The van der Waals surface area contributed by atoms with Gasteiger partial charge in [-0.05, 0) is 62.1 Å². The molecule has 0 aliphatic carbocycles. The van der Waals surface area contributed by atoms with Gasteiger partial charge in [-0.3, -0.25) is 9.98 Å². The number of aromatic amines is 1. The van der Waals surface area contributed by atoms with Crippen LogP contribution in [0, 0.1) is 0 Å². The third-order valence-electron chi connectivity index (χ3n) is 5.23. The summed E-state index contributed by atoms with van der Waals surface area (Å²) in [6.45, 7) is 1.52. The van der Waals surface area contributed by atoms with Crippen molar-refractivity contribution in [1.82, 2.24) is 19.9 Å². The Labute approximate surface area is 202 Å². The Hall–Kier alpha value is -4.44. The minimum atomic E-state index is -0.541. The number of fused-ring (bicyclic) bond motifs is 1. The van der Waals surface area contributed by atoms with Gasteiger partial charge in [-0.15, -0.1) is 0 Å². The number of aliphatic imine (C=N–C) groups is 1. The Kier molecular flexibility index (Phi) is 7.22. The number of hydrogen-bond acceptors (Lipinski definition) is 9. The van der Waals surface area contributed by atoms with Crippen LogP contribution >= 0.6 is 0 Å². The van der Waals surface area contributed by atoms with Crippen LogP contribution in [0.1, 0.15) is 12.0 Å².